The lowest BCUT2D eigenvalue weighted by molar-refractivity contribution is 0.174. The Balaban J connectivity index is 2.27. The molecule has 0 aliphatic carbocycles. The van der Waals surface area contributed by atoms with Gasteiger partial charge in [0.05, 0.1) is 7.11 Å². The molecule has 2 rings (SSSR count). The van der Waals surface area contributed by atoms with Crippen molar-refractivity contribution >= 4 is 11.6 Å². The van der Waals surface area contributed by atoms with E-state index in [9.17, 15) is 0 Å². The number of ether oxygens (including phenoxy) is 3. The van der Waals surface area contributed by atoms with Crippen molar-refractivity contribution in [1.29, 1.82) is 0 Å². The van der Waals surface area contributed by atoms with Gasteiger partial charge in [-0.3, -0.25) is 0 Å². The van der Waals surface area contributed by atoms with Crippen LogP contribution in [0.4, 0.5) is 0 Å². The van der Waals surface area contributed by atoms with E-state index in [4.69, 9.17) is 31.5 Å². The van der Waals surface area contributed by atoms with Gasteiger partial charge in [-0.2, -0.15) is 0 Å². The maximum absolute atomic E-state index is 6.22. The first-order chi connectivity index (χ1) is 8.27. The van der Waals surface area contributed by atoms with Crippen LogP contribution in [0.2, 0.25) is 5.02 Å². The van der Waals surface area contributed by atoms with E-state index in [1.54, 1.807) is 7.11 Å². The summed E-state index contributed by atoms with van der Waals surface area (Å²) in [6.45, 7) is 0.908. The lowest BCUT2D eigenvalue weighted by Crippen LogP contribution is -2.00. The van der Waals surface area contributed by atoms with E-state index in [2.05, 4.69) is 0 Å². The Kier molecular flexibility index (Phi) is 3.97. The Bertz CT molecular complexity index is 409. The van der Waals surface area contributed by atoms with Crippen LogP contribution in [-0.4, -0.2) is 20.4 Å². The number of fused-ring (bicyclic) bond motifs is 1. The fourth-order valence-corrected chi connectivity index (χ4v) is 2.25. The molecule has 94 valence electrons. The molecule has 0 atom stereocenters. The van der Waals surface area contributed by atoms with Gasteiger partial charge in [-0.05, 0) is 37.4 Å². The van der Waals surface area contributed by atoms with Gasteiger partial charge in [-0.25, -0.2) is 0 Å². The molecule has 0 saturated heterocycles. The average molecular weight is 258 g/mol. The molecule has 4 nitrogen and oxygen atoms in total. The molecule has 1 aromatic rings. The minimum Gasteiger partial charge on any atom is -0.495 e. The molecule has 0 amide bonds. The van der Waals surface area contributed by atoms with Crippen LogP contribution in [0.1, 0.15) is 18.4 Å². The van der Waals surface area contributed by atoms with Gasteiger partial charge in [0.25, 0.3) is 0 Å². The fourth-order valence-electron chi connectivity index (χ4n) is 1.90. The lowest BCUT2D eigenvalue weighted by Gasteiger charge is -2.12. The molecule has 1 aromatic carbocycles. The molecule has 0 saturated carbocycles. The van der Waals surface area contributed by atoms with Crippen LogP contribution in [0, 0.1) is 0 Å². The zero-order chi connectivity index (χ0) is 12.3. The summed E-state index contributed by atoms with van der Waals surface area (Å²) in [5.41, 5.74) is 6.52. The highest BCUT2D eigenvalue weighted by Gasteiger charge is 2.23. The molecule has 17 heavy (non-hydrogen) atoms. The number of unbranched alkanes of at least 4 members (excludes halogenated alkanes) is 1. The highest BCUT2D eigenvalue weighted by Crippen LogP contribution is 2.46. The van der Waals surface area contributed by atoms with Crippen LogP contribution < -0.4 is 19.9 Å². The largest absolute Gasteiger partial charge is 0.495 e. The van der Waals surface area contributed by atoms with Crippen molar-refractivity contribution in [2.45, 2.75) is 19.3 Å². The zero-order valence-electron chi connectivity index (χ0n) is 9.79. The molecule has 0 radical (unpaired) electrons. The normalized spacial score (nSPS) is 12.9. The molecule has 0 aromatic heterocycles. The van der Waals surface area contributed by atoms with Crippen molar-refractivity contribution in [2.75, 3.05) is 20.4 Å². The first-order valence-electron chi connectivity index (χ1n) is 5.63. The van der Waals surface area contributed by atoms with Gasteiger partial charge in [0.1, 0.15) is 10.8 Å². The van der Waals surface area contributed by atoms with E-state index < -0.39 is 0 Å². The maximum atomic E-state index is 6.22. The molecule has 1 aliphatic heterocycles. The maximum Gasteiger partial charge on any atom is 0.231 e. The quantitative estimate of drug-likeness (QED) is 0.823. The number of rotatable bonds is 5. The second-order valence-corrected chi connectivity index (χ2v) is 4.24. The van der Waals surface area contributed by atoms with Crippen LogP contribution in [0.25, 0.3) is 0 Å². The van der Waals surface area contributed by atoms with Crippen LogP contribution in [-0.2, 0) is 6.42 Å². The minimum atomic E-state index is 0.213. The van der Waals surface area contributed by atoms with Crippen molar-refractivity contribution in [3.63, 3.8) is 0 Å². The van der Waals surface area contributed by atoms with Gasteiger partial charge in [-0.15, -0.1) is 0 Å². The van der Waals surface area contributed by atoms with Crippen molar-refractivity contribution < 1.29 is 14.2 Å². The van der Waals surface area contributed by atoms with Crippen molar-refractivity contribution in [2.24, 2.45) is 5.73 Å². The van der Waals surface area contributed by atoms with Crippen LogP contribution in [0.3, 0.4) is 0 Å². The predicted octanol–water partition coefficient (Wildman–Crippen LogP) is 2.36. The van der Waals surface area contributed by atoms with Gasteiger partial charge < -0.3 is 19.9 Å². The van der Waals surface area contributed by atoms with E-state index in [1.807, 2.05) is 6.07 Å². The van der Waals surface area contributed by atoms with E-state index in [1.165, 1.54) is 0 Å². The van der Waals surface area contributed by atoms with E-state index in [-0.39, 0.29) is 6.79 Å². The number of methoxy groups -OCH3 is 1. The van der Waals surface area contributed by atoms with Crippen molar-refractivity contribution in [3.05, 3.63) is 16.7 Å². The van der Waals surface area contributed by atoms with E-state index in [0.717, 1.165) is 24.8 Å². The topological polar surface area (TPSA) is 53.7 Å². The number of hydrogen-bond donors (Lipinski definition) is 1. The summed E-state index contributed by atoms with van der Waals surface area (Å²) in [6, 6.07) is 1.93. The minimum absolute atomic E-state index is 0.213. The first kappa shape index (κ1) is 12.3. The standard InChI is InChI=1S/C12H16ClNO3/c1-15-11-8(4-2-3-5-14)6-9-12(10(11)13)17-7-16-9/h6H,2-5,7,14H2,1H3. The van der Waals surface area contributed by atoms with Gasteiger partial charge in [0.2, 0.25) is 6.79 Å². The van der Waals surface area contributed by atoms with Gasteiger partial charge in [0.15, 0.2) is 11.5 Å². The lowest BCUT2D eigenvalue weighted by atomic mass is 10.1. The van der Waals surface area contributed by atoms with E-state index >= 15 is 0 Å². The summed E-state index contributed by atoms with van der Waals surface area (Å²) >= 11 is 6.22. The number of aryl methyl sites for hydroxylation is 1. The number of nitrogens with two attached hydrogens (primary N) is 1. The Hall–Kier alpha value is -1.13. The van der Waals surface area contributed by atoms with Crippen molar-refractivity contribution in [3.8, 4) is 17.2 Å². The van der Waals surface area contributed by atoms with Crippen LogP contribution in [0.5, 0.6) is 17.2 Å². The van der Waals surface area contributed by atoms with Gasteiger partial charge >= 0.3 is 0 Å². The summed E-state index contributed by atoms with van der Waals surface area (Å²) in [7, 11) is 1.61. The summed E-state index contributed by atoms with van der Waals surface area (Å²) < 4.78 is 16.0. The Morgan fingerprint density at radius 1 is 1.41 bits per heavy atom. The third-order valence-corrected chi connectivity index (χ3v) is 3.08. The average Bonchev–Trinajstić information content (AvgIpc) is 2.78. The second kappa shape index (κ2) is 5.47. The second-order valence-electron chi connectivity index (χ2n) is 3.86. The molecule has 0 unspecified atom stereocenters. The summed E-state index contributed by atoms with van der Waals surface area (Å²) in [4.78, 5) is 0. The van der Waals surface area contributed by atoms with Crippen molar-refractivity contribution in [1.82, 2.24) is 0 Å². The first-order valence-corrected chi connectivity index (χ1v) is 6.00. The summed E-state index contributed by atoms with van der Waals surface area (Å²) in [6.07, 6.45) is 2.86. The van der Waals surface area contributed by atoms with Gasteiger partial charge in [0, 0.05) is 0 Å². The molecule has 0 fully saturated rings. The summed E-state index contributed by atoms with van der Waals surface area (Å²) in [5, 5.41) is 0.491. The molecule has 0 spiro atoms. The third-order valence-electron chi connectivity index (χ3n) is 2.74. The van der Waals surface area contributed by atoms with Crippen LogP contribution >= 0.6 is 11.6 Å². The van der Waals surface area contributed by atoms with Gasteiger partial charge in [-0.1, -0.05) is 11.6 Å². The summed E-state index contributed by atoms with van der Waals surface area (Å²) in [5.74, 6) is 1.94. The molecule has 1 heterocycles. The predicted molar refractivity (Wildman–Crippen MR) is 66.1 cm³/mol. The third kappa shape index (κ3) is 2.42. The Labute approximate surface area is 106 Å². The molecular formula is C12H16ClNO3. The van der Waals surface area contributed by atoms with E-state index in [0.29, 0.717) is 28.8 Å². The molecule has 2 N–H and O–H groups in total. The Morgan fingerprint density at radius 3 is 2.94 bits per heavy atom. The highest BCUT2D eigenvalue weighted by atomic mass is 35.5. The molecule has 0 bridgehead atoms. The molecular weight excluding hydrogens is 242 g/mol. The number of hydrogen-bond acceptors (Lipinski definition) is 4. The Morgan fingerprint density at radius 2 is 2.24 bits per heavy atom. The fraction of sp³-hybridized carbons (Fsp3) is 0.500. The van der Waals surface area contributed by atoms with Crippen LogP contribution in [0.15, 0.2) is 6.07 Å². The molecule has 5 heteroatoms. The highest BCUT2D eigenvalue weighted by molar-refractivity contribution is 6.34. The number of benzene rings is 1. The SMILES string of the molecule is COc1c(CCCCN)cc2c(c1Cl)OCO2. The zero-order valence-corrected chi connectivity index (χ0v) is 10.5. The monoisotopic (exact) mass is 257 g/mol. The smallest absolute Gasteiger partial charge is 0.231 e. The molecule has 1 aliphatic rings. The number of halogens is 1.